The minimum Gasteiger partial charge on any atom is -0.219 e. The Hall–Kier alpha value is -1.61. The highest BCUT2D eigenvalue weighted by Gasteiger charge is 2.23. The van der Waals surface area contributed by atoms with Gasteiger partial charge in [0.1, 0.15) is 0 Å². The van der Waals surface area contributed by atoms with E-state index >= 15 is 0 Å². The number of hydrogen-bond donors (Lipinski definition) is 0. The predicted molar refractivity (Wildman–Crippen MR) is 69.7 cm³/mol. The summed E-state index contributed by atoms with van der Waals surface area (Å²) < 4.78 is 24.2. The summed E-state index contributed by atoms with van der Waals surface area (Å²) in [5, 5.41) is 1.31. The maximum Gasteiger partial charge on any atom is 0.200 e. The van der Waals surface area contributed by atoms with E-state index in [0.29, 0.717) is 4.91 Å². The Labute approximate surface area is 101 Å². The van der Waals surface area contributed by atoms with E-state index < -0.39 is 9.84 Å². The normalized spacial score (nSPS) is 20.7. The van der Waals surface area contributed by atoms with Crippen molar-refractivity contribution in [3.8, 4) is 0 Å². The van der Waals surface area contributed by atoms with E-state index in [1.807, 2.05) is 30.3 Å². The first kappa shape index (κ1) is 10.5. The summed E-state index contributed by atoms with van der Waals surface area (Å²) in [7, 11) is -3.28. The quantitative estimate of drug-likeness (QED) is 0.702. The van der Waals surface area contributed by atoms with Gasteiger partial charge in [0.2, 0.25) is 0 Å². The van der Waals surface area contributed by atoms with Gasteiger partial charge in [-0.2, -0.15) is 0 Å². The van der Waals surface area contributed by atoms with Crippen molar-refractivity contribution in [3.63, 3.8) is 0 Å². The van der Waals surface area contributed by atoms with Crippen molar-refractivity contribution in [2.24, 2.45) is 0 Å². The Morgan fingerprint density at radius 1 is 1.06 bits per heavy atom. The third kappa shape index (κ3) is 1.67. The molecule has 1 heterocycles. The summed E-state index contributed by atoms with van der Waals surface area (Å²) in [6.07, 6.45) is 7.06. The molecule has 0 bridgehead atoms. The van der Waals surface area contributed by atoms with Gasteiger partial charge in [-0.25, -0.2) is 8.42 Å². The van der Waals surface area contributed by atoms with Crippen LogP contribution in [-0.4, -0.2) is 8.42 Å². The molecule has 0 saturated carbocycles. The first-order valence-electron chi connectivity index (χ1n) is 5.61. The molecule has 0 amide bonds. The van der Waals surface area contributed by atoms with E-state index in [0.717, 1.165) is 29.5 Å². The van der Waals surface area contributed by atoms with E-state index in [1.165, 1.54) is 5.41 Å². The molecule has 0 saturated heterocycles. The zero-order chi connectivity index (χ0) is 11.9. The molecule has 0 N–H and O–H groups in total. The third-order valence-electron chi connectivity index (χ3n) is 3.15. The monoisotopic (exact) mass is 244 g/mol. The van der Waals surface area contributed by atoms with Gasteiger partial charge in [0.05, 0.1) is 4.91 Å². The lowest BCUT2D eigenvalue weighted by molar-refractivity contribution is 0.611. The van der Waals surface area contributed by atoms with Crippen LogP contribution in [0.5, 0.6) is 0 Å². The second-order valence-electron chi connectivity index (χ2n) is 4.22. The third-order valence-corrected chi connectivity index (χ3v) is 4.64. The molecule has 0 unspecified atom stereocenters. The number of sulfone groups is 1. The van der Waals surface area contributed by atoms with Crippen molar-refractivity contribution < 1.29 is 8.42 Å². The molecule has 3 heteroatoms. The smallest absolute Gasteiger partial charge is 0.200 e. The molecule has 0 aromatic heterocycles. The van der Waals surface area contributed by atoms with E-state index in [2.05, 4.69) is 0 Å². The molecule has 1 aliphatic carbocycles. The average Bonchev–Trinajstić information content (AvgIpc) is 2.47. The van der Waals surface area contributed by atoms with Gasteiger partial charge in [-0.05, 0) is 41.7 Å². The van der Waals surface area contributed by atoms with Crippen LogP contribution in [-0.2, 0) is 9.84 Å². The van der Waals surface area contributed by atoms with Crippen molar-refractivity contribution in [1.29, 1.82) is 0 Å². The predicted octanol–water partition coefficient (Wildman–Crippen LogP) is 3.15. The molecule has 0 radical (unpaired) electrons. The van der Waals surface area contributed by atoms with Gasteiger partial charge < -0.3 is 0 Å². The molecular weight excluding hydrogens is 232 g/mol. The molecule has 0 fully saturated rings. The number of fused-ring (bicyclic) bond motifs is 2. The van der Waals surface area contributed by atoms with E-state index in [9.17, 15) is 8.42 Å². The van der Waals surface area contributed by atoms with Crippen LogP contribution < -0.4 is 0 Å². The maximum absolute atomic E-state index is 12.1. The number of rotatable bonds is 0. The number of benzene rings is 1. The molecule has 3 rings (SSSR count). The van der Waals surface area contributed by atoms with Crippen LogP contribution in [0.3, 0.4) is 0 Å². The fraction of sp³-hybridized carbons (Fsp3) is 0.143. The molecular formula is C14H12O2S. The van der Waals surface area contributed by atoms with Crippen LogP contribution >= 0.6 is 0 Å². The van der Waals surface area contributed by atoms with Gasteiger partial charge in [0, 0.05) is 5.41 Å². The van der Waals surface area contributed by atoms with Crippen LogP contribution in [0.1, 0.15) is 24.0 Å². The second-order valence-corrected chi connectivity index (χ2v) is 6.02. The summed E-state index contributed by atoms with van der Waals surface area (Å²) in [5.41, 5.74) is 2.98. The highest BCUT2D eigenvalue weighted by atomic mass is 32.2. The first-order valence-corrected chi connectivity index (χ1v) is 7.15. The van der Waals surface area contributed by atoms with Gasteiger partial charge in [0.15, 0.2) is 9.84 Å². The fourth-order valence-electron chi connectivity index (χ4n) is 2.33. The Balaban J connectivity index is 2.38. The number of hydrogen-bond acceptors (Lipinski definition) is 2. The zero-order valence-electron chi connectivity index (χ0n) is 9.26. The number of allylic oxidation sites excluding steroid dienone is 3. The summed E-state index contributed by atoms with van der Waals surface area (Å²) in [4.78, 5) is 0.463. The standard InChI is InChI=1S/C14H12O2S/c15-17(16)10-9-11-5-1-2-6-12(11)13-7-3-4-8-14(13)17/h1-2,4-6,8-10H,3,7H2. The van der Waals surface area contributed by atoms with E-state index in [4.69, 9.17) is 0 Å². The SMILES string of the molecule is O=S1(=O)C=Cc2ccccc2C2=C1C=CCC2. The van der Waals surface area contributed by atoms with Crippen LogP contribution in [0.25, 0.3) is 11.6 Å². The molecule has 17 heavy (non-hydrogen) atoms. The summed E-state index contributed by atoms with van der Waals surface area (Å²) in [6, 6.07) is 7.83. The van der Waals surface area contributed by atoms with Crippen LogP contribution in [0.2, 0.25) is 0 Å². The zero-order valence-corrected chi connectivity index (χ0v) is 10.1. The highest BCUT2D eigenvalue weighted by molar-refractivity contribution is 7.98. The lowest BCUT2D eigenvalue weighted by Crippen LogP contribution is -2.03. The Kier molecular flexibility index (Phi) is 2.30. The Morgan fingerprint density at radius 2 is 1.88 bits per heavy atom. The molecule has 2 aliphatic rings. The van der Waals surface area contributed by atoms with Crippen LogP contribution in [0.4, 0.5) is 0 Å². The van der Waals surface area contributed by atoms with Gasteiger partial charge >= 0.3 is 0 Å². The largest absolute Gasteiger partial charge is 0.219 e. The Morgan fingerprint density at radius 3 is 2.76 bits per heavy atom. The second kappa shape index (κ2) is 3.70. The Bertz CT molecular complexity index is 661. The summed E-state index contributed by atoms with van der Waals surface area (Å²) in [6.45, 7) is 0. The van der Waals surface area contributed by atoms with Crippen molar-refractivity contribution >= 4 is 21.5 Å². The molecule has 1 aliphatic heterocycles. The molecule has 1 aromatic rings. The van der Waals surface area contributed by atoms with Gasteiger partial charge in [-0.3, -0.25) is 0 Å². The van der Waals surface area contributed by atoms with E-state index in [1.54, 1.807) is 12.2 Å². The van der Waals surface area contributed by atoms with Gasteiger partial charge in [-0.15, -0.1) is 0 Å². The lowest BCUT2D eigenvalue weighted by atomic mass is 9.93. The minimum absolute atomic E-state index is 0.463. The topological polar surface area (TPSA) is 34.1 Å². The maximum atomic E-state index is 12.1. The minimum atomic E-state index is -3.28. The van der Waals surface area contributed by atoms with Crippen LogP contribution in [0.15, 0.2) is 46.7 Å². The van der Waals surface area contributed by atoms with Gasteiger partial charge in [-0.1, -0.05) is 30.3 Å². The highest BCUT2D eigenvalue weighted by Crippen LogP contribution is 2.36. The van der Waals surface area contributed by atoms with Crippen molar-refractivity contribution in [2.45, 2.75) is 12.8 Å². The summed E-state index contributed by atoms with van der Waals surface area (Å²) >= 11 is 0. The first-order chi connectivity index (χ1) is 8.18. The molecule has 2 nitrogen and oxygen atoms in total. The van der Waals surface area contributed by atoms with Crippen LogP contribution in [0, 0.1) is 0 Å². The van der Waals surface area contributed by atoms with Crippen molar-refractivity contribution in [3.05, 3.63) is 57.9 Å². The molecule has 1 aromatic carbocycles. The van der Waals surface area contributed by atoms with E-state index in [-0.39, 0.29) is 0 Å². The summed E-state index contributed by atoms with van der Waals surface area (Å²) in [5.74, 6) is 0. The molecule has 0 atom stereocenters. The van der Waals surface area contributed by atoms with Crippen molar-refractivity contribution in [2.75, 3.05) is 0 Å². The van der Waals surface area contributed by atoms with Crippen molar-refractivity contribution in [1.82, 2.24) is 0 Å². The average molecular weight is 244 g/mol. The molecule has 0 spiro atoms. The fourth-order valence-corrected chi connectivity index (χ4v) is 3.64. The lowest BCUT2D eigenvalue weighted by Gasteiger charge is -2.15. The molecule has 86 valence electrons. The van der Waals surface area contributed by atoms with Gasteiger partial charge in [0.25, 0.3) is 0 Å².